The summed E-state index contributed by atoms with van der Waals surface area (Å²) in [5.74, 6) is 1.84. The number of hydrogen-bond donors (Lipinski definition) is 0. The Morgan fingerprint density at radius 2 is 0.803 bits per heavy atom. The monoisotopic (exact) mass is 779 g/mol. The van der Waals surface area contributed by atoms with Crippen molar-refractivity contribution in [2.24, 2.45) is 0 Å². The van der Waals surface area contributed by atoms with Gasteiger partial charge in [0.05, 0.1) is 22.1 Å². The highest BCUT2D eigenvalue weighted by Gasteiger charge is 2.22. The molecule has 0 N–H and O–H groups in total. The first-order valence-electron chi connectivity index (χ1n) is 20.5. The maximum Gasteiger partial charge on any atom is 0.164 e. The van der Waals surface area contributed by atoms with E-state index in [1.54, 1.807) is 0 Å². The van der Waals surface area contributed by atoms with Crippen LogP contribution in [0.25, 0.3) is 122 Å². The molecule has 6 nitrogen and oxygen atoms in total. The molecule has 0 saturated heterocycles. The second-order valence-electron chi connectivity index (χ2n) is 15.6. The number of nitrogens with zero attached hydrogens (tertiary/aromatic N) is 5. The molecule has 0 radical (unpaired) electrons. The van der Waals surface area contributed by atoms with E-state index in [1.807, 2.05) is 60.7 Å². The number of fused-ring (bicyclic) bond motifs is 11. The van der Waals surface area contributed by atoms with Gasteiger partial charge in [0.2, 0.25) is 0 Å². The maximum absolute atomic E-state index is 6.77. The van der Waals surface area contributed by atoms with Crippen LogP contribution in [0.1, 0.15) is 0 Å². The van der Waals surface area contributed by atoms with E-state index >= 15 is 0 Å². The van der Waals surface area contributed by atoms with Crippen molar-refractivity contribution < 1.29 is 4.42 Å². The van der Waals surface area contributed by atoms with E-state index in [1.165, 1.54) is 32.6 Å². The SMILES string of the molecule is c1ccc(-c2nc(-c3ccccc3)nc(-c3cc4oc5ccc(-n6c7ccccc7c7cc8c(cc76)c6ccccc6n8-c6ccccc6)cc5c4c4ccccc34)n2)cc1. The number of rotatable bonds is 5. The molecule has 0 atom stereocenters. The zero-order valence-electron chi connectivity index (χ0n) is 32.7. The Kier molecular flexibility index (Phi) is 7.21. The van der Waals surface area contributed by atoms with Crippen LogP contribution in [0, 0.1) is 0 Å². The van der Waals surface area contributed by atoms with Crippen LogP contribution in [-0.4, -0.2) is 24.1 Å². The number of hydrogen-bond acceptors (Lipinski definition) is 4. The van der Waals surface area contributed by atoms with Crippen molar-refractivity contribution in [2.45, 2.75) is 0 Å². The van der Waals surface area contributed by atoms with E-state index < -0.39 is 0 Å². The first-order valence-corrected chi connectivity index (χ1v) is 20.5. The van der Waals surface area contributed by atoms with Gasteiger partial charge >= 0.3 is 0 Å². The van der Waals surface area contributed by atoms with Gasteiger partial charge in [0, 0.05) is 60.4 Å². The van der Waals surface area contributed by atoms with Crippen molar-refractivity contribution in [1.29, 1.82) is 0 Å². The molecular weight excluding hydrogens is 747 g/mol. The van der Waals surface area contributed by atoms with Crippen LogP contribution in [0.3, 0.4) is 0 Å². The van der Waals surface area contributed by atoms with Gasteiger partial charge in [0.25, 0.3) is 0 Å². The summed E-state index contributed by atoms with van der Waals surface area (Å²) in [6.07, 6.45) is 0. The summed E-state index contributed by atoms with van der Waals surface area (Å²) in [7, 11) is 0. The van der Waals surface area contributed by atoms with Gasteiger partial charge in [-0.2, -0.15) is 0 Å². The highest BCUT2D eigenvalue weighted by atomic mass is 16.3. The zero-order valence-corrected chi connectivity index (χ0v) is 32.7. The fourth-order valence-electron chi connectivity index (χ4n) is 9.45. The topological polar surface area (TPSA) is 61.7 Å². The molecule has 0 bridgehead atoms. The molecule has 13 aromatic rings. The first-order chi connectivity index (χ1) is 30.2. The molecule has 0 saturated carbocycles. The van der Waals surface area contributed by atoms with Crippen LogP contribution < -0.4 is 0 Å². The van der Waals surface area contributed by atoms with Gasteiger partial charge in [0.1, 0.15) is 11.2 Å². The third kappa shape index (κ3) is 5.12. The molecule has 0 unspecified atom stereocenters. The van der Waals surface area contributed by atoms with Gasteiger partial charge in [-0.15, -0.1) is 0 Å². The molecule has 0 aliphatic carbocycles. The Bertz CT molecular complexity index is 3810. The lowest BCUT2D eigenvalue weighted by atomic mass is 9.98. The summed E-state index contributed by atoms with van der Waals surface area (Å²) in [6.45, 7) is 0. The average molecular weight is 780 g/mol. The summed E-state index contributed by atoms with van der Waals surface area (Å²) in [4.78, 5) is 15.2. The van der Waals surface area contributed by atoms with Crippen LogP contribution in [0.2, 0.25) is 0 Å². The predicted molar refractivity (Wildman–Crippen MR) is 250 cm³/mol. The van der Waals surface area contributed by atoms with E-state index in [0.717, 1.165) is 71.8 Å². The fourth-order valence-corrected chi connectivity index (χ4v) is 9.45. The highest BCUT2D eigenvalue weighted by Crippen LogP contribution is 2.43. The van der Waals surface area contributed by atoms with E-state index in [9.17, 15) is 0 Å². The minimum absolute atomic E-state index is 0.595. The predicted octanol–water partition coefficient (Wildman–Crippen LogP) is 14.1. The summed E-state index contributed by atoms with van der Waals surface area (Å²) in [6, 6.07) is 70.3. The lowest BCUT2D eigenvalue weighted by Gasteiger charge is -2.11. The lowest BCUT2D eigenvalue weighted by molar-refractivity contribution is 0.669. The Morgan fingerprint density at radius 1 is 0.311 bits per heavy atom. The van der Waals surface area contributed by atoms with Gasteiger partial charge in [-0.1, -0.05) is 140 Å². The van der Waals surface area contributed by atoms with E-state index in [0.29, 0.717) is 17.5 Å². The molecule has 0 amide bonds. The molecule has 61 heavy (non-hydrogen) atoms. The second-order valence-corrected chi connectivity index (χ2v) is 15.6. The molecule has 4 heterocycles. The molecule has 0 aliphatic heterocycles. The Hall–Kier alpha value is -8.35. The molecular formula is C55H33N5O. The van der Waals surface area contributed by atoms with Crippen molar-refractivity contribution >= 4 is 76.3 Å². The van der Waals surface area contributed by atoms with E-state index in [-0.39, 0.29) is 0 Å². The molecule has 0 spiro atoms. The quantitative estimate of drug-likeness (QED) is 0.175. The summed E-state index contributed by atoms with van der Waals surface area (Å²) in [5.41, 5.74) is 11.2. The summed E-state index contributed by atoms with van der Waals surface area (Å²) in [5, 5.41) is 9.08. The van der Waals surface area contributed by atoms with Gasteiger partial charge in [-0.25, -0.2) is 15.0 Å². The minimum Gasteiger partial charge on any atom is -0.456 e. The number of furan rings is 1. The van der Waals surface area contributed by atoms with E-state index in [4.69, 9.17) is 19.4 Å². The van der Waals surface area contributed by atoms with Crippen molar-refractivity contribution in [1.82, 2.24) is 24.1 Å². The second kappa shape index (κ2) is 13.1. The van der Waals surface area contributed by atoms with E-state index in [2.05, 4.69) is 149 Å². The van der Waals surface area contributed by atoms with Gasteiger partial charge in [-0.3, -0.25) is 0 Å². The van der Waals surface area contributed by atoms with Crippen LogP contribution >= 0.6 is 0 Å². The van der Waals surface area contributed by atoms with Crippen LogP contribution in [0.5, 0.6) is 0 Å². The fraction of sp³-hybridized carbons (Fsp3) is 0. The molecule has 0 aliphatic rings. The van der Waals surface area contributed by atoms with Crippen LogP contribution in [0.4, 0.5) is 0 Å². The van der Waals surface area contributed by atoms with Gasteiger partial charge in [-0.05, 0) is 71.4 Å². The van der Waals surface area contributed by atoms with Gasteiger partial charge < -0.3 is 13.6 Å². The molecule has 9 aromatic carbocycles. The maximum atomic E-state index is 6.77. The number of aromatic nitrogens is 5. The van der Waals surface area contributed by atoms with Crippen LogP contribution in [0.15, 0.2) is 205 Å². The Labute approximate surface area is 349 Å². The zero-order chi connectivity index (χ0) is 40.0. The Morgan fingerprint density at radius 3 is 1.41 bits per heavy atom. The van der Waals surface area contributed by atoms with Crippen molar-refractivity contribution in [2.75, 3.05) is 0 Å². The first kappa shape index (κ1) is 33.6. The molecule has 4 aromatic heterocycles. The van der Waals surface area contributed by atoms with Gasteiger partial charge in [0.15, 0.2) is 17.5 Å². The van der Waals surface area contributed by atoms with Crippen molar-refractivity contribution in [3.8, 4) is 45.5 Å². The Balaban J connectivity index is 1.04. The molecule has 284 valence electrons. The standard InChI is InChI=1S/C55H33N5O/c1-4-16-34(17-5-1)53-56-54(35-18-6-2-7-19-35)58-55(57-53)44-33-51-52(41-25-11-10-22-38(41)44)45-30-37(28-29-50(45)61-51)60-47-27-15-13-24-40(47)43-31-48-42(32-49(43)60)39-23-12-14-26-46(39)59(48)36-20-8-3-9-21-36/h1-33H. The summed E-state index contributed by atoms with van der Waals surface area (Å²) < 4.78 is 11.6. The van der Waals surface area contributed by atoms with Crippen molar-refractivity contribution in [3.63, 3.8) is 0 Å². The highest BCUT2D eigenvalue weighted by molar-refractivity contribution is 6.23. The number of benzene rings is 9. The third-order valence-corrected chi connectivity index (χ3v) is 12.1. The summed E-state index contributed by atoms with van der Waals surface area (Å²) >= 11 is 0. The average Bonchev–Trinajstić information content (AvgIpc) is 3.98. The third-order valence-electron chi connectivity index (χ3n) is 12.1. The smallest absolute Gasteiger partial charge is 0.164 e. The van der Waals surface area contributed by atoms with Crippen LogP contribution in [-0.2, 0) is 0 Å². The van der Waals surface area contributed by atoms with Crippen molar-refractivity contribution in [3.05, 3.63) is 200 Å². The number of para-hydroxylation sites is 3. The molecule has 13 rings (SSSR count). The minimum atomic E-state index is 0.595. The normalized spacial score (nSPS) is 11.9. The lowest BCUT2D eigenvalue weighted by Crippen LogP contribution is -2.00. The largest absolute Gasteiger partial charge is 0.456 e. The molecule has 0 fully saturated rings. The molecule has 6 heteroatoms.